The fourth-order valence-corrected chi connectivity index (χ4v) is 1.42. The van der Waals surface area contributed by atoms with Gasteiger partial charge >= 0.3 is 6.18 Å². The number of hydrogen-bond donors (Lipinski definition) is 2. The van der Waals surface area contributed by atoms with Crippen LogP contribution in [0.4, 0.5) is 13.2 Å². The minimum absolute atomic E-state index is 0. The first-order valence-corrected chi connectivity index (χ1v) is 5.01. The summed E-state index contributed by atoms with van der Waals surface area (Å²) >= 11 is 0. The largest absolute Gasteiger partial charge is 0.497 e. The van der Waals surface area contributed by atoms with Gasteiger partial charge in [0.25, 0.3) is 0 Å². The van der Waals surface area contributed by atoms with E-state index in [0.717, 1.165) is 12.1 Å². The molecule has 0 unspecified atom stereocenters. The van der Waals surface area contributed by atoms with Crippen LogP contribution in [0, 0.1) is 0 Å². The zero-order valence-electron chi connectivity index (χ0n) is 9.70. The molecule has 18 heavy (non-hydrogen) atoms. The van der Waals surface area contributed by atoms with Gasteiger partial charge in [-0.25, -0.2) is 0 Å². The third-order valence-corrected chi connectivity index (χ3v) is 2.36. The predicted octanol–water partition coefficient (Wildman–Crippen LogP) is 2.52. The van der Waals surface area contributed by atoms with E-state index < -0.39 is 17.8 Å². The Bertz CT molecular complexity index is 385. The lowest BCUT2D eigenvalue weighted by Gasteiger charge is -2.15. The zero-order valence-corrected chi connectivity index (χ0v) is 10.5. The summed E-state index contributed by atoms with van der Waals surface area (Å²) in [6, 6.07) is 2.68. The minimum Gasteiger partial charge on any atom is -0.497 e. The monoisotopic (exact) mass is 285 g/mol. The van der Waals surface area contributed by atoms with Crippen molar-refractivity contribution in [2.24, 2.45) is 5.73 Å². The highest BCUT2D eigenvalue weighted by molar-refractivity contribution is 5.85. The Hall–Kier alpha value is -0.980. The normalized spacial score (nSPS) is 12.8. The highest BCUT2D eigenvalue weighted by atomic mass is 35.5. The maximum atomic E-state index is 12.6. The molecule has 0 saturated heterocycles. The first kappa shape index (κ1) is 17.0. The van der Waals surface area contributed by atoms with Gasteiger partial charge < -0.3 is 15.6 Å². The summed E-state index contributed by atoms with van der Waals surface area (Å²) in [5, 5.41) is 8.72. The SMILES string of the molecule is COc1cc([C@@H](N)CCO)cc(C(F)(F)F)c1.Cl. The molecule has 3 nitrogen and oxygen atoms in total. The van der Waals surface area contributed by atoms with Crippen LogP contribution in [-0.4, -0.2) is 18.8 Å². The molecule has 0 amide bonds. The van der Waals surface area contributed by atoms with Crippen LogP contribution in [0.15, 0.2) is 18.2 Å². The second-order valence-electron chi connectivity index (χ2n) is 3.61. The molecule has 0 fully saturated rings. The maximum absolute atomic E-state index is 12.6. The van der Waals surface area contributed by atoms with Crippen molar-refractivity contribution in [1.82, 2.24) is 0 Å². The molecule has 104 valence electrons. The van der Waals surface area contributed by atoms with E-state index in [0.29, 0.717) is 5.56 Å². The molecule has 0 aliphatic rings. The molecular formula is C11H15ClF3NO2. The highest BCUT2D eigenvalue weighted by Crippen LogP contribution is 2.34. The number of hydrogen-bond acceptors (Lipinski definition) is 3. The fourth-order valence-electron chi connectivity index (χ4n) is 1.42. The molecule has 0 aromatic heterocycles. The number of rotatable bonds is 4. The molecule has 0 saturated carbocycles. The number of methoxy groups -OCH3 is 1. The lowest BCUT2D eigenvalue weighted by Crippen LogP contribution is -2.14. The van der Waals surface area contributed by atoms with Crippen LogP contribution in [0.2, 0.25) is 0 Å². The van der Waals surface area contributed by atoms with Crippen molar-refractivity contribution in [2.75, 3.05) is 13.7 Å². The molecular weight excluding hydrogens is 271 g/mol. The van der Waals surface area contributed by atoms with Crippen LogP contribution >= 0.6 is 12.4 Å². The summed E-state index contributed by atoms with van der Waals surface area (Å²) in [5.41, 5.74) is 5.15. The average Bonchev–Trinajstić information content (AvgIpc) is 2.27. The van der Waals surface area contributed by atoms with Crippen LogP contribution in [0.25, 0.3) is 0 Å². The van der Waals surface area contributed by atoms with Gasteiger partial charge in [0, 0.05) is 12.6 Å². The molecule has 7 heteroatoms. The summed E-state index contributed by atoms with van der Waals surface area (Å²) in [7, 11) is 1.29. The number of aliphatic hydroxyl groups excluding tert-OH is 1. The fraction of sp³-hybridized carbons (Fsp3) is 0.455. The van der Waals surface area contributed by atoms with Crippen LogP contribution < -0.4 is 10.5 Å². The molecule has 1 rings (SSSR count). The standard InChI is InChI=1S/C11H14F3NO2.ClH/c1-17-9-5-7(10(15)2-3-16)4-8(6-9)11(12,13)14;/h4-6,10,16H,2-3,15H2,1H3;1H/t10-;/m0./s1. The van der Waals surface area contributed by atoms with E-state index in [4.69, 9.17) is 15.6 Å². The number of ether oxygens (including phenoxy) is 1. The van der Waals surface area contributed by atoms with Crippen molar-refractivity contribution >= 4 is 12.4 Å². The lowest BCUT2D eigenvalue weighted by molar-refractivity contribution is -0.137. The quantitative estimate of drug-likeness (QED) is 0.894. The van der Waals surface area contributed by atoms with Crippen LogP contribution in [0.5, 0.6) is 5.75 Å². The van der Waals surface area contributed by atoms with E-state index in [9.17, 15) is 13.2 Å². The van der Waals surface area contributed by atoms with Gasteiger partial charge in [0.15, 0.2) is 0 Å². The van der Waals surface area contributed by atoms with E-state index >= 15 is 0 Å². The first-order chi connectivity index (χ1) is 7.88. The van der Waals surface area contributed by atoms with E-state index in [1.807, 2.05) is 0 Å². The number of benzene rings is 1. The van der Waals surface area contributed by atoms with Gasteiger partial charge in [-0.05, 0) is 30.2 Å². The summed E-state index contributed by atoms with van der Waals surface area (Å²) in [4.78, 5) is 0. The third-order valence-electron chi connectivity index (χ3n) is 2.36. The van der Waals surface area contributed by atoms with Crippen LogP contribution in [0.3, 0.4) is 0 Å². The summed E-state index contributed by atoms with van der Waals surface area (Å²) < 4.78 is 42.6. The van der Waals surface area contributed by atoms with E-state index in [2.05, 4.69) is 0 Å². The van der Waals surface area contributed by atoms with Gasteiger partial charge in [0.05, 0.1) is 12.7 Å². The zero-order chi connectivity index (χ0) is 13.1. The van der Waals surface area contributed by atoms with Crippen LogP contribution in [0.1, 0.15) is 23.6 Å². The molecule has 0 aliphatic heterocycles. The van der Waals surface area contributed by atoms with Gasteiger partial charge in [-0.1, -0.05) is 0 Å². The average molecular weight is 286 g/mol. The van der Waals surface area contributed by atoms with Gasteiger partial charge in [-0.3, -0.25) is 0 Å². The van der Waals surface area contributed by atoms with Gasteiger partial charge in [-0.2, -0.15) is 13.2 Å². The predicted molar refractivity (Wildman–Crippen MR) is 63.9 cm³/mol. The third kappa shape index (κ3) is 4.36. The van der Waals surface area contributed by atoms with Gasteiger partial charge in [0.1, 0.15) is 5.75 Å². The molecule has 0 spiro atoms. The molecule has 0 heterocycles. The smallest absolute Gasteiger partial charge is 0.416 e. The van der Waals surface area contributed by atoms with Crippen molar-refractivity contribution in [2.45, 2.75) is 18.6 Å². The van der Waals surface area contributed by atoms with Crippen molar-refractivity contribution in [1.29, 1.82) is 0 Å². The van der Waals surface area contributed by atoms with Crippen molar-refractivity contribution < 1.29 is 23.0 Å². The topological polar surface area (TPSA) is 55.5 Å². The van der Waals surface area contributed by atoms with Crippen molar-refractivity contribution in [3.05, 3.63) is 29.3 Å². The second kappa shape index (κ2) is 6.82. The number of nitrogens with two attached hydrogens (primary N) is 1. The maximum Gasteiger partial charge on any atom is 0.416 e. The van der Waals surface area contributed by atoms with Crippen molar-refractivity contribution in [3.63, 3.8) is 0 Å². The Morgan fingerprint density at radius 2 is 1.94 bits per heavy atom. The lowest BCUT2D eigenvalue weighted by atomic mass is 10.0. The Kier molecular flexibility index (Phi) is 6.45. The molecule has 1 aromatic carbocycles. The Balaban J connectivity index is 0.00000289. The van der Waals surface area contributed by atoms with E-state index in [-0.39, 0.29) is 31.2 Å². The Morgan fingerprint density at radius 1 is 1.33 bits per heavy atom. The highest BCUT2D eigenvalue weighted by Gasteiger charge is 2.31. The number of halogens is 4. The van der Waals surface area contributed by atoms with Gasteiger partial charge in [-0.15, -0.1) is 12.4 Å². The number of aliphatic hydroxyl groups is 1. The Labute approximate surface area is 109 Å². The summed E-state index contributed by atoms with van der Waals surface area (Å²) in [5.74, 6) is 0.100. The number of alkyl halides is 3. The molecule has 1 aromatic rings. The molecule has 1 atom stereocenters. The van der Waals surface area contributed by atoms with E-state index in [1.54, 1.807) is 0 Å². The summed E-state index contributed by atoms with van der Waals surface area (Å²) in [6.45, 7) is -0.181. The molecule has 0 aliphatic carbocycles. The molecule has 3 N–H and O–H groups in total. The second-order valence-corrected chi connectivity index (χ2v) is 3.61. The molecule has 0 radical (unpaired) electrons. The molecule has 0 bridgehead atoms. The summed E-state index contributed by atoms with van der Waals surface area (Å²) in [6.07, 6.45) is -4.24. The minimum atomic E-state index is -4.44. The van der Waals surface area contributed by atoms with E-state index in [1.165, 1.54) is 13.2 Å². The Morgan fingerprint density at radius 3 is 2.39 bits per heavy atom. The van der Waals surface area contributed by atoms with Crippen molar-refractivity contribution in [3.8, 4) is 5.75 Å². The first-order valence-electron chi connectivity index (χ1n) is 5.01. The van der Waals surface area contributed by atoms with Crippen LogP contribution in [-0.2, 0) is 6.18 Å². The van der Waals surface area contributed by atoms with Gasteiger partial charge in [0.2, 0.25) is 0 Å².